The van der Waals surface area contributed by atoms with Crippen molar-refractivity contribution < 1.29 is 4.42 Å². The number of nitrogens with one attached hydrogen (secondary N) is 1. The third-order valence-corrected chi connectivity index (χ3v) is 3.78. The van der Waals surface area contributed by atoms with Gasteiger partial charge in [-0.1, -0.05) is 17.7 Å². The summed E-state index contributed by atoms with van der Waals surface area (Å²) in [5.41, 5.74) is 1.18. The van der Waals surface area contributed by atoms with E-state index in [9.17, 15) is 0 Å². The maximum Gasteiger partial charge on any atom is 0.120 e. The van der Waals surface area contributed by atoms with Crippen LogP contribution < -0.4 is 5.32 Å². The van der Waals surface area contributed by atoms with Gasteiger partial charge in [-0.3, -0.25) is 0 Å². The van der Waals surface area contributed by atoms with Gasteiger partial charge in [0.15, 0.2) is 0 Å². The number of benzene rings is 1. The molecule has 2 nitrogen and oxygen atoms in total. The summed E-state index contributed by atoms with van der Waals surface area (Å²) >= 11 is 9.36. The summed E-state index contributed by atoms with van der Waals surface area (Å²) in [6.07, 6.45) is 1.69. The van der Waals surface area contributed by atoms with Crippen LogP contribution in [0.3, 0.4) is 0 Å². The quantitative estimate of drug-likeness (QED) is 0.896. The highest BCUT2D eigenvalue weighted by molar-refractivity contribution is 9.10. The second-order valence-corrected chi connectivity index (χ2v) is 5.13. The first-order valence-electron chi connectivity index (χ1n) is 5.37. The molecule has 0 aliphatic rings. The van der Waals surface area contributed by atoms with Crippen LogP contribution >= 0.6 is 27.5 Å². The Kier molecular flexibility index (Phi) is 4.26. The van der Waals surface area contributed by atoms with Crippen molar-refractivity contribution in [2.24, 2.45) is 0 Å². The zero-order valence-corrected chi connectivity index (χ0v) is 11.8. The van der Waals surface area contributed by atoms with Crippen LogP contribution in [0.1, 0.15) is 24.3 Å². The minimum absolute atomic E-state index is 0.194. The maximum atomic E-state index is 5.94. The molecule has 0 fully saturated rings. The number of rotatable bonds is 4. The number of furan rings is 1. The van der Waals surface area contributed by atoms with E-state index in [1.165, 1.54) is 5.56 Å². The van der Waals surface area contributed by atoms with Crippen molar-refractivity contribution in [1.29, 1.82) is 0 Å². The largest absolute Gasteiger partial charge is 0.468 e. The molecule has 1 aromatic heterocycles. The molecule has 0 saturated carbocycles. The summed E-state index contributed by atoms with van der Waals surface area (Å²) in [4.78, 5) is 0. The normalized spacial score (nSPS) is 12.6. The molecule has 0 bridgehead atoms. The summed E-state index contributed by atoms with van der Waals surface area (Å²) < 4.78 is 6.25. The smallest absolute Gasteiger partial charge is 0.120 e. The Balaban J connectivity index is 1.96. The van der Waals surface area contributed by atoms with Crippen LogP contribution in [0.2, 0.25) is 5.02 Å². The monoisotopic (exact) mass is 313 g/mol. The lowest BCUT2D eigenvalue weighted by Gasteiger charge is -2.11. The summed E-state index contributed by atoms with van der Waals surface area (Å²) in [7, 11) is 0. The molecule has 2 aromatic rings. The van der Waals surface area contributed by atoms with E-state index in [1.807, 2.05) is 30.3 Å². The number of hydrogen-bond acceptors (Lipinski definition) is 2. The van der Waals surface area contributed by atoms with Crippen molar-refractivity contribution in [2.45, 2.75) is 19.5 Å². The minimum atomic E-state index is 0.194. The molecule has 1 heterocycles. The van der Waals surface area contributed by atoms with Crippen LogP contribution in [0.5, 0.6) is 0 Å². The Morgan fingerprint density at radius 3 is 2.88 bits per heavy atom. The van der Waals surface area contributed by atoms with Crippen molar-refractivity contribution in [2.75, 3.05) is 0 Å². The van der Waals surface area contributed by atoms with Gasteiger partial charge in [-0.2, -0.15) is 0 Å². The Bertz CT molecular complexity index is 484. The fraction of sp³-hybridized carbons (Fsp3) is 0.231. The van der Waals surface area contributed by atoms with Crippen molar-refractivity contribution in [3.63, 3.8) is 0 Å². The summed E-state index contributed by atoms with van der Waals surface area (Å²) in [6, 6.07) is 9.97. The first kappa shape index (κ1) is 12.7. The molecule has 90 valence electrons. The molecule has 4 heteroatoms. The fourth-order valence-corrected chi connectivity index (χ4v) is 2.10. The summed E-state index contributed by atoms with van der Waals surface area (Å²) in [5, 5.41) is 4.12. The van der Waals surface area contributed by atoms with Crippen LogP contribution in [-0.2, 0) is 6.54 Å². The number of hydrogen-bond donors (Lipinski definition) is 1. The third-order valence-electron chi connectivity index (χ3n) is 2.57. The zero-order valence-electron chi connectivity index (χ0n) is 9.41. The van der Waals surface area contributed by atoms with Crippen LogP contribution in [0.25, 0.3) is 0 Å². The second kappa shape index (κ2) is 5.71. The Hall–Kier alpha value is -0.770. The highest BCUT2D eigenvalue weighted by Gasteiger charge is 2.07. The molecular formula is C13H13BrClNO. The Labute approximate surface area is 114 Å². The van der Waals surface area contributed by atoms with Gasteiger partial charge in [0.2, 0.25) is 0 Å². The van der Waals surface area contributed by atoms with Crippen molar-refractivity contribution >= 4 is 27.5 Å². The lowest BCUT2D eigenvalue weighted by molar-refractivity contribution is 0.430. The fourth-order valence-electron chi connectivity index (χ4n) is 1.56. The van der Waals surface area contributed by atoms with Crippen molar-refractivity contribution in [1.82, 2.24) is 5.32 Å². The molecule has 0 amide bonds. The average Bonchev–Trinajstić information content (AvgIpc) is 2.84. The highest BCUT2D eigenvalue weighted by atomic mass is 79.9. The molecular weight excluding hydrogens is 302 g/mol. The number of halogens is 2. The van der Waals surface area contributed by atoms with Gasteiger partial charge in [0.25, 0.3) is 0 Å². The molecule has 1 N–H and O–H groups in total. The van der Waals surface area contributed by atoms with Gasteiger partial charge in [-0.15, -0.1) is 0 Å². The SMILES string of the molecule is CC(NCc1ccc(Cl)c(Br)c1)c1ccco1. The van der Waals surface area contributed by atoms with E-state index >= 15 is 0 Å². The van der Waals surface area contributed by atoms with E-state index in [0.29, 0.717) is 0 Å². The van der Waals surface area contributed by atoms with E-state index in [1.54, 1.807) is 6.26 Å². The molecule has 1 aromatic carbocycles. The molecule has 0 spiro atoms. The van der Waals surface area contributed by atoms with Crippen molar-refractivity contribution in [3.05, 3.63) is 57.4 Å². The van der Waals surface area contributed by atoms with Gasteiger partial charge in [-0.25, -0.2) is 0 Å². The predicted octanol–water partition coefficient (Wildman–Crippen LogP) is 4.55. The molecule has 0 saturated heterocycles. The van der Waals surface area contributed by atoms with E-state index < -0.39 is 0 Å². The molecule has 0 aliphatic heterocycles. The minimum Gasteiger partial charge on any atom is -0.468 e. The van der Waals surface area contributed by atoms with E-state index in [-0.39, 0.29) is 6.04 Å². The van der Waals surface area contributed by atoms with Gasteiger partial charge in [-0.05, 0) is 52.7 Å². The first-order valence-corrected chi connectivity index (χ1v) is 6.54. The Morgan fingerprint density at radius 1 is 1.41 bits per heavy atom. The maximum absolute atomic E-state index is 5.94. The van der Waals surface area contributed by atoms with Gasteiger partial charge in [0, 0.05) is 11.0 Å². The third kappa shape index (κ3) is 3.35. The van der Waals surface area contributed by atoms with E-state index in [4.69, 9.17) is 16.0 Å². The van der Waals surface area contributed by atoms with Gasteiger partial charge in [0.1, 0.15) is 5.76 Å². The Morgan fingerprint density at radius 2 is 2.24 bits per heavy atom. The lowest BCUT2D eigenvalue weighted by Crippen LogP contribution is -2.17. The first-order chi connectivity index (χ1) is 8.16. The summed E-state index contributed by atoms with van der Waals surface area (Å²) in [6.45, 7) is 2.85. The topological polar surface area (TPSA) is 25.2 Å². The molecule has 0 radical (unpaired) electrons. The van der Waals surface area contributed by atoms with Crippen LogP contribution in [-0.4, -0.2) is 0 Å². The molecule has 2 rings (SSSR count). The molecule has 1 atom stereocenters. The average molecular weight is 315 g/mol. The summed E-state index contributed by atoms with van der Waals surface area (Å²) in [5.74, 6) is 0.943. The van der Waals surface area contributed by atoms with E-state index in [0.717, 1.165) is 21.8 Å². The molecule has 17 heavy (non-hydrogen) atoms. The van der Waals surface area contributed by atoms with Gasteiger partial charge < -0.3 is 9.73 Å². The predicted molar refractivity (Wildman–Crippen MR) is 73.1 cm³/mol. The van der Waals surface area contributed by atoms with Crippen LogP contribution in [0.15, 0.2) is 45.5 Å². The van der Waals surface area contributed by atoms with E-state index in [2.05, 4.69) is 28.2 Å². The lowest BCUT2D eigenvalue weighted by atomic mass is 10.2. The van der Waals surface area contributed by atoms with Crippen LogP contribution in [0, 0.1) is 0 Å². The molecule has 0 aliphatic carbocycles. The van der Waals surface area contributed by atoms with Gasteiger partial charge in [0.05, 0.1) is 17.3 Å². The van der Waals surface area contributed by atoms with Crippen LogP contribution in [0.4, 0.5) is 0 Å². The van der Waals surface area contributed by atoms with Gasteiger partial charge >= 0.3 is 0 Å². The standard InChI is InChI=1S/C13H13BrClNO/c1-9(13-3-2-6-17-13)16-8-10-4-5-12(15)11(14)7-10/h2-7,9,16H,8H2,1H3. The van der Waals surface area contributed by atoms with Crippen molar-refractivity contribution in [3.8, 4) is 0 Å². The highest BCUT2D eigenvalue weighted by Crippen LogP contribution is 2.23. The second-order valence-electron chi connectivity index (χ2n) is 3.87. The zero-order chi connectivity index (χ0) is 12.3. The molecule has 1 unspecified atom stereocenters.